The molecule has 0 bridgehead atoms. The van der Waals surface area contributed by atoms with Gasteiger partial charge in [0.25, 0.3) is 5.56 Å². The Hall–Kier alpha value is -4.18. The highest BCUT2D eigenvalue weighted by Gasteiger charge is 2.20. The standard InChI is InChI=1S/C30H35ClN4O6/c1-19-11-13-35(18-26(40-20(2)36)25-8-6-7-12-32-25)28(38)24(19)15-27(37)33-17-22-14-23(31)10-9-21(22)16-34-29(39)41-30(3,4)5/h6-14,26H,15-18H2,1-5H3,(H,33,37)(H,34,39). The molecule has 2 heterocycles. The first-order valence-corrected chi connectivity index (χ1v) is 13.5. The predicted octanol–water partition coefficient (Wildman–Crippen LogP) is 4.39. The van der Waals surface area contributed by atoms with Crippen molar-refractivity contribution in [1.29, 1.82) is 0 Å². The third kappa shape index (κ3) is 9.75. The van der Waals surface area contributed by atoms with Crippen LogP contribution in [0.2, 0.25) is 5.02 Å². The zero-order valence-electron chi connectivity index (χ0n) is 23.8. The number of ether oxygens (including phenoxy) is 2. The van der Waals surface area contributed by atoms with Gasteiger partial charge in [0, 0.05) is 43.0 Å². The fraction of sp³-hybridized carbons (Fsp3) is 0.367. The third-order valence-corrected chi connectivity index (χ3v) is 6.23. The summed E-state index contributed by atoms with van der Waals surface area (Å²) in [4.78, 5) is 54.3. The van der Waals surface area contributed by atoms with Crippen LogP contribution in [0.5, 0.6) is 0 Å². The molecule has 1 aromatic carbocycles. The van der Waals surface area contributed by atoms with E-state index >= 15 is 0 Å². The van der Waals surface area contributed by atoms with Gasteiger partial charge < -0.3 is 24.7 Å². The minimum absolute atomic E-state index is 0.0425. The Morgan fingerprint density at radius 3 is 2.44 bits per heavy atom. The van der Waals surface area contributed by atoms with Gasteiger partial charge in [-0.25, -0.2) is 4.79 Å². The van der Waals surface area contributed by atoms with E-state index in [2.05, 4.69) is 15.6 Å². The highest BCUT2D eigenvalue weighted by molar-refractivity contribution is 6.30. The number of aromatic nitrogens is 2. The van der Waals surface area contributed by atoms with Crippen LogP contribution in [0.1, 0.15) is 61.7 Å². The van der Waals surface area contributed by atoms with E-state index in [1.807, 2.05) is 0 Å². The zero-order valence-corrected chi connectivity index (χ0v) is 24.6. The van der Waals surface area contributed by atoms with Gasteiger partial charge in [0.15, 0.2) is 6.10 Å². The number of rotatable bonds is 10. The second-order valence-corrected chi connectivity index (χ2v) is 10.9. The van der Waals surface area contributed by atoms with Crippen LogP contribution in [0.15, 0.2) is 59.7 Å². The molecule has 0 aliphatic carbocycles. The Balaban J connectivity index is 1.71. The Morgan fingerprint density at radius 2 is 1.78 bits per heavy atom. The summed E-state index contributed by atoms with van der Waals surface area (Å²) in [5.74, 6) is -0.864. The first kappa shape index (κ1) is 31.3. The topological polar surface area (TPSA) is 129 Å². The van der Waals surface area contributed by atoms with Crippen LogP contribution in [0.25, 0.3) is 0 Å². The maximum atomic E-state index is 13.4. The smallest absolute Gasteiger partial charge is 0.407 e. The molecule has 1 unspecified atom stereocenters. The molecule has 0 aliphatic rings. The largest absolute Gasteiger partial charge is 0.454 e. The quantitative estimate of drug-likeness (QED) is 0.339. The molecule has 0 fully saturated rings. The summed E-state index contributed by atoms with van der Waals surface area (Å²) in [6.07, 6.45) is 1.70. The van der Waals surface area contributed by atoms with Crippen molar-refractivity contribution in [3.8, 4) is 0 Å². The van der Waals surface area contributed by atoms with Crippen molar-refractivity contribution in [3.05, 3.63) is 98.2 Å². The maximum Gasteiger partial charge on any atom is 0.407 e. The molecule has 1 atom stereocenters. The first-order valence-electron chi connectivity index (χ1n) is 13.1. The van der Waals surface area contributed by atoms with E-state index in [9.17, 15) is 19.2 Å². The molecular formula is C30H35ClN4O6. The average molecular weight is 583 g/mol. The highest BCUT2D eigenvalue weighted by atomic mass is 35.5. The van der Waals surface area contributed by atoms with Gasteiger partial charge in [-0.3, -0.25) is 19.4 Å². The number of carbonyl (C=O) groups is 3. The number of carbonyl (C=O) groups excluding carboxylic acids is 3. The van der Waals surface area contributed by atoms with Crippen molar-refractivity contribution in [2.24, 2.45) is 0 Å². The SMILES string of the molecule is CC(=O)OC(Cn1ccc(C)c(CC(=O)NCc2cc(Cl)ccc2CNC(=O)OC(C)(C)C)c1=O)c1ccccn1. The molecule has 0 saturated heterocycles. The molecule has 2 N–H and O–H groups in total. The van der Waals surface area contributed by atoms with Crippen LogP contribution in [-0.2, 0) is 45.1 Å². The molecule has 41 heavy (non-hydrogen) atoms. The van der Waals surface area contributed by atoms with Crippen LogP contribution >= 0.6 is 11.6 Å². The van der Waals surface area contributed by atoms with Crippen LogP contribution in [0.3, 0.4) is 0 Å². The molecule has 218 valence electrons. The lowest BCUT2D eigenvalue weighted by Crippen LogP contribution is -2.33. The fourth-order valence-corrected chi connectivity index (χ4v) is 4.23. The summed E-state index contributed by atoms with van der Waals surface area (Å²) < 4.78 is 12.1. The van der Waals surface area contributed by atoms with Crippen molar-refractivity contribution in [1.82, 2.24) is 20.2 Å². The van der Waals surface area contributed by atoms with E-state index < -0.39 is 23.8 Å². The second-order valence-electron chi connectivity index (χ2n) is 10.5. The lowest BCUT2D eigenvalue weighted by Gasteiger charge is -2.20. The van der Waals surface area contributed by atoms with Crippen LogP contribution in [0.4, 0.5) is 4.79 Å². The van der Waals surface area contributed by atoms with Gasteiger partial charge in [0.05, 0.1) is 18.7 Å². The number of alkyl carbamates (subject to hydrolysis) is 1. The number of amides is 2. The second kappa shape index (κ2) is 13.9. The number of nitrogens with zero attached hydrogens (tertiary/aromatic N) is 2. The molecule has 0 aliphatic heterocycles. The van der Waals surface area contributed by atoms with Crippen LogP contribution in [-0.4, -0.2) is 33.1 Å². The molecule has 0 saturated carbocycles. The number of hydrogen-bond donors (Lipinski definition) is 2. The molecule has 2 aromatic heterocycles. The summed E-state index contributed by atoms with van der Waals surface area (Å²) in [6.45, 7) is 8.74. The van der Waals surface area contributed by atoms with Crippen LogP contribution in [0, 0.1) is 6.92 Å². The summed E-state index contributed by atoms with van der Waals surface area (Å²) in [5, 5.41) is 6.02. The van der Waals surface area contributed by atoms with Crippen molar-refractivity contribution in [2.75, 3.05) is 0 Å². The Bertz CT molecular complexity index is 1450. The van der Waals surface area contributed by atoms with Crippen molar-refractivity contribution < 1.29 is 23.9 Å². The summed E-state index contributed by atoms with van der Waals surface area (Å²) in [5.41, 5.74) is 1.97. The number of hydrogen-bond acceptors (Lipinski definition) is 7. The Morgan fingerprint density at radius 1 is 1.05 bits per heavy atom. The highest BCUT2D eigenvalue weighted by Crippen LogP contribution is 2.19. The fourth-order valence-electron chi connectivity index (χ4n) is 4.04. The van der Waals surface area contributed by atoms with Gasteiger partial charge >= 0.3 is 12.1 Å². The predicted molar refractivity (Wildman–Crippen MR) is 154 cm³/mol. The van der Waals surface area contributed by atoms with Crippen molar-refractivity contribution in [3.63, 3.8) is 0 Å². The van der Waals surface area contributed by atoms with E-state index in [0.29, 0.717) is 27.4 Å². The number of benzene rings is 1. The number of esters is 1. The van der Waals surface area contributed by atoms with Gasteiger partial charge in [-0.2, -0.15) is 0 Å². The average Bonchev–Trinajstić information content (AvgIpc) is 2.89. The number of nitrogens with one attached hydrogen (secondary N) is 2. The number of halogens is 1. The summed E-state index contributed by atoms with van der Waals surface area (Å²) in [6, 6.07) is 12.1. The minimum Gasteiger partial charge on any atom is -0.454 e. The van der Waals surface area contributed by atoms with Gasteiger partial charge in [0.1, 0.15) is 5.60 Å². The Labute approximate surface area is 244 Å². The molecule has 0 radical (unpaired) electrons. The van der Waals surface area contributed by atoms with Gasteiger partial charge in [-0.15, -0.1) is 0 Å². The summed E-state index contributed by atoms with van der Waals surface area (Å²) in [7, 11) is 0. The number of pyridine rings is 2. The number of aryl methyl sites for hydroxylation is 1. The molecule has 2 amide bonds. The monoisotopic (exact) mass is 582 g/mol. The van der Waals surface area contributed by atoms with E-state index in [1.165, 1.54) is 11.5 Å². The van der Waals surface area contributed by atoms with E-state index in [0.717, 1.165) is 5.56 Å². The summed E-state index contributed by atoms with van der Waals surface area (Å²) >= 11 is 6.18. The van der Waals surface area contributed by atoms with E-state index in [1.54, 1.807) is 82.6 Å². The van der Waals surface area contributed by atoms with Crippen molar-refractivity contribution in [2.45, 2.75) is 72.4 Å². The molecule has 11 heteroatoms. The molecule has 3 aromatic rings. The molecular weight excluding hydrogens is 548 g/mol. The molecule has 10 nitrogen and oxygen atoms in total. The van der Waals surface area contributed by atoms with Gasteiger partial charge in [-0.1, -0.05) is 23.7 Å². The normalized spacial score (nSPS) is 11.9. The third-order valence-electron chi connectivity index (χ3n) is 5.99. The first-order chi connectivity index (χ1) is 19.3. The van der Waals surface area contributed by atoms with E-state index in [4.69, 9.17) is 21.1 Å². The van der Waals surface area contributed by atoms with Gasteiger partial charge in [0.2, 0.25) is 5.91 Å². The van der Waals surface area contributed by atoms with Gasteiger partial charge in [-0.05, 0) is 74.7 Å². The lowest BCUT2D eigenvalue weighted by atomic mass is 10.1. The van der Waals surface area contributed by atoms with Crippen molar-refractivity contribution >= 4 is 29.6 Å². The zero-order chi connectivity index (χ0) is 30.2. The maximum absolute atomic E-state index is 13.4. The van der Waals surface area contributed by atoms with Crippen LogP contribution < -0.4 is 16.2 Å². The molecule has 3 rings (SSSR count). The lowest BCUT2D eigenvalue weighted by molar-refractivity contribution is -0.147. The minimum atomic E-state index is -0.772. The van der Waals surface area contributed by atoms with E-state index in [-0.39, 0.29) is 37.5 Å². The Kier molecular flexibility index (Phi) is 10.7. The molecule has 0 spiro atoms.